The predicted octanol–water partition coefficient (Wildman–Crippen LogP) is 1.83. The van der Waals surface area contributed by atoms with Gasteiger partial charge in [0.15, 0.2) is 0 Å². The van der Waals surface area contributed by atoms with Crippen molar-refractivity contribution in [2.75, 3.05) is 20.2 Å². The molecule has 1 unspecified atom stereocenters. The Kier molecular flexibility index (Phi) is 4.04. The normalized spacial score (nSPS) is 23.1. The number of rotatable bonds is 4. The van der Waals surface area contributed by atoms with Crippen LogP contribution in [0.5, 0.6) is 5.75 Å². The number of hydrogen-bond acceptors (Lipinski definition) is 3. The zero-order valence-corrected chi connectivity index (χ0v) is 10.9. The molecule has 0 saturated carbocycles. The number of benzene rings is 1. The summed E-state index contributed by atoms with van der Waals surface area (Å²) in [6.07, 6.45) is 1.57. The van der Waals surface area contributed by atoms with Gasteiger partial charge in [0, 0.05) is 12.6 Å². The van der Waals surface area contributed by atoms with Gasteiger partial charge in [-0.1, -0.05) is 6.07 Å². The molecule has 0 aliphatic carbocycles. The van der Waals surface area contributed by atoms with Crippen LogP contribution in [0.3, 0.4) is 0 Å². The molecule has 1 aromatic carbocycles. The number of piperidine rings is 1. The topological polar surface area (TPSA) is 58.6 Å². The van der Waals surface area contributed by atoms with E-state index in [1.807, 2.05) is 0 Å². The Morgan fingerprint density at radius 3 is 2.89 bits per heavy atom. The average Bonchev–Trinajstić information content (AvgIpc) is 2.42. The Hall–Kier alpha value is -1.62. The molecule has 0 aromatic heterocycles. The Morgan fingerprint density at radius 2 is 2.37 bits per heavy atom. The molecule has 1 aliphatic rings. The molecule has 0 bridgehead atoms. The second-order valence-electron chi connectivity index (χ2n) is 5.00. The van der Waals surface area contributed by atoms with Crippen LogP contribution >= 0.6 is 0 Å². The van der Waals surface area contributed by atoms with Crippen molar-refractivity contribution in [1.82, 2.24) is 5.32 Å². The van der Waals surface area contributed by atoms with Crippen LogP contribution < -0.4 is 10.1 Å². The second kappa shape index (κ2) is 5.57. The standard InChI is InChI=1S/C14H18FNO3/c1-19-11-4-3-10(12(15)7-11)8-14(13(17)18)5-2-6-16-9-14/h3-4,7,16H,2,5-6,8-9H2,1H3,(H,17,18). The summed E-state index contributed by atoms with van der Waals surface area (Å²) in [5, 5.41) is 12.5. The van der Waals surface area contributed by atoms with E-state index in [-0.39, 0.29) is 6.42 Å². The number of halogens is 1. The highest BCUT2D eigenvalue weighted by atomic mass is 19.1. The van der Waals surface area contributed by atoms with Gasteiger partial charge in [-0.15, -0.1) is 0 Å². The van der Waals surface area contributed by atoms with Gasteiger partial charge in [-0.3, -0.25) is 4.79 Å². The fourth-order valence-electron chi connectivity index (χ4n) is 2.54. The third-order valence-electron chi connectivity index (χ3n) is 3.72. The molecule has 1 aromatic rings. The zero-order chi connectivity index (χ0) is 13.9. The number of hydrogen-bond donors (Lipinski definition) is 2. The Labute approximate surface area is 111 Å². The molecule has 1 heterocycles. The number of aliphatic carboxylic acids is 1. The number of methoxy groups -OCH3 is 1. The van der Waals surface area contributed by atoms with E-state index in [2.05, 4.69) is 5.32 Å². The molecule has 5 heteroatoms. The summed E-state index contributed by atoms with van der Waals surface area (Å²) in [6.45, 7) is 1.20. The lowest BCUT2D eigenvalue weighted by Crippen LogP contribution is -2.47. The molecule has 1 fully saturated rings. The summed E-state index contributed by atoms with van der Waals surface area (Å²) in [5.41, 5.74) is -0.486. The molecule has 1 aliphatic heterocycles. The van der Waals surface area contributed by atoms with Crippen molar-refractivity contribution < 1.29 is 19.0 Å². The van der Waals surface area contributed by atoms with Crippen LogP contribution in [0.2, 0.25) is 0 Å². The van der Waals surface area contributed by atoms with Gasteiger partial charge >= 0.3 is 5.97 Å². The Bertz CT molecular complexity index is 470. The van der Waals surface area contributed by atoms with Crippen LogP contribution in [0.1, 0.15) is 18.4 Å². The SMILES string of the molecule is COc1ccc(CC2(C(=O)O)CCCNC2)c(F)c1. The van der Waals surface area contributed by atoms with Crippen LogP contribution in [0.15, 0.2) is 18.2 Å². The minimum atomic E-state index is -0.909. The lowest BCUT2D eigenvalue weighted by atomic mass is 9.75. The van der Waals surface area contributed by atoms with E-state index in [0.717, 1.165) is 13.0 Å². The van der Waals surface area contributed by atoms with Crippen LogP contribution in [-0.4, -0.2) is 31.3 Å². The molecule has 2 N–H and O–H groups in total. The zero-order valence-electron chi connectivity index (χ0n) is 10.9. The Balaban J connectivity index is 2.24. The maximum atomic E-state index is 13.9. The van der Waals surface area contributed by atoms with E-state index >= 15 is 0 Å². The van der Waals surface area contributed by atoms with E-state index in [0.29, 0.717) is 24.3 Å². The highest BCUT2D eigenvalue weighted by Gasteiger charge is 2.40. The molecule has 0 radical (unpaired) electrons. The lowest BCUT2D eigenvalue weighted by Gasteiger charge is -2.33. The van der Waals surface area contributed by atoms with E-state index < -0.39 is 17.2 Å². The number of ether oxygens (including phenoxy) is 1. The highest BCUT2D eigenvalue weighted by molar-refractivity contribution is 5.75. The minimum absolute atomic E-state index is 0.200. The van der Waals surface area contributed by atoms with Crippen LogP contribution in [0, 0.1) is 11.2 Å². The largest absolute Gasteiger partial charge is 0.497 e. The quantitative estimate of drug-likeness (QED) is 0.874. The first-order valence-corrected chi connectivity index (χ1v) is 6.34. The lowest BCUT2D eigenvalue weighted by molar-refractivity contribution is -0.150. The van der Waals surface area contributed by atoms with Gasteiger partial charge in [0.05, 0.1) is 12.5 Å². The van der Waals surface area contributed by atoms with Crippen molar-refractivity contribution in [3.63, 3.8) is 0 Å². The van der Waals surface area contributed by atoms with Gasteiger partial charge in [-0.2, -0.15) is 0 Å². The molecule has 0 spiro atoms. The van der Waals surface area contributed by atoms with Crippen LogP contribution in [0.25, 0.3) is 0 Å². The summed E-state index contributed by atoms with van der Waals surface area (Å²) in [5.74, 6) is -0.840. The van der Waals surface area contributed by atoms with Gasteiger partial charge in [0.1, 0.15) is 11.6 Å². The highest BCUT2D eigenvalue weighted by Crippen LogP contribution is 2.32. The molecule has 2 rings (SSSR count). The number of carboxylic acids is 1. The van der Waals surface area contributed by atoms with E-state index in [1.54, 1.807) is 12.1 Å². The van der Waals surface area contributed by atoms with E-state index in [4.69, 9.17) is 4.74 Å². The smallest absolute Gasteiger partial charge is 0.311 e. The summed E-state index contributed by atoms with van der Waals surface area (Å²) in [7, 11) is 1.47. The number of carboxylic acid groups (broad SMARTS) is 1. The summed E-state index contributed by atoms with van der Waals surface area (Å²) in [4.78, 5) is 11.5. The van der Waals surface area contributed by atoms with Gasteiger partial charge in [-0.25, -0.2) is 4.39 Å². The number of carbonyl (C=O) groups is 1. The first kappa shape index (κ1) is 13.8. The van der Waals surface area contributed by atoms with Crippen LogP contribution in [0.4, 0.5) is 4.39 Å². The van der Waals surface area contributed by atoms with Gasteiger partial charge in [0.2, 0.25) is 0 Å². The maximum Gasteiger partial charge on any atom is 0.311 e. The van der Waals surface area contributed by atoms with Gasteiger partial charge in [-0.05, 0) is 37.4 Å². The molecular weight excluding hydrogens is 249 g/mol. The van der Waals surface area contributed by atoms with Gasteiger partial charge < -0.3 is 15.2 Å². The first-order chi connectivity index (χ1) is 9.07. The summed E-state index contributed by atoms with van der Waals surface area (Å²) < 4.78 is 18.9. The maximum absolute atomic E-state index is 13.9. The molecule has 1 atom stereocenters. The van der Waals surface area contributed by atoms with Crippen LogP contribution in [-0.2, 0) is 11.2 Å². The van der Waals surface area contributed by atoms with Crippen molar-refractivity contribution in [2.24, 2.45) is 5.41 Å². The third kappa shape index (κ3) is 2.87. The fourth-order valence-corrected chi connectivity index (χ4v) is 2.54. The second-order valence-corrected chi connectivity index (χ2v) is 5.00. The third-order valence-corrected chi connectivity index (χ3v) is 3.72. The minimum Gasteiger partial charge on any atom is -0.497 e. The van der Waals surface area contributed by atoms with E-state index in [1.165, 1.54) is 13.2 Å². The molecule has 104 valence electrons. The average molecular weight is 267 g/mol. The fraction of sp³-hybridized carbons (Fsp3) is 0.500. The Morgan fingerprint density at radius 1 is 1.58 bits per heavy atom. The molecule has 1 saturated heterocycles. The monoisotopic (exact) mass is 267 g/mol. The number of nitrogens with one attached hydrogen (secondary N) is 1. The molecule has 0 amide bonds. The summed E-state index contributed by atoms with van der Waals surface area (Å²) >= 11 is 0. The molecule has 4 nitrogen and oxygen atoms in total. The molecule has 19 heavy (non-hydrogen) atoms. The summed E-state index contributed by atoms with van der Waals surface area (Å²) in [6, 6.07) is 4.55. The van der Waals surface area contributed by atoms with Crippen molar-refractivity contribution in [2.45, 2.75) is 19.3 Å². The predicted molar refractivity (Wildman–Crippen MR) is 68.8 cm³/mol. The first-order valence-electron chi connectivity index (χ1n) is 6.34. The van der Waals surface area contributed by atoms with Gasteiger partial charge in [0.25, 0.3) is 0 Å². The molecular formula is C14H18FNO3. The van der Waals surface area contributed by atoms with Crippen molar-refractivity contribution in [3.05, 3.63) is 29.6 Å². The van der Waals surface area contributed by atoms with Crippen molar-refractivity contribution in [3.8, 4) is 5.75 Å². The van der Waals surface area contributed by atoms with E-state index in [9.17, 15) is 14.3 Å². The van der Waals surface area contributed by atoms with Crippen molar-refractivity contribution in [1.29, 1.82) is 0 Å². The van der Waals surface area contributed by atoms with Crippen molar-refractivity contribution >= 4 is 5.97 Å².